The summed E-state index contributed by atoms with van der Waals surface area (Å²) in [6.07, 6.45) is 1.50. The van der Waals surface area contributed by atoms with Crippen molar-refractivity contribution in [3.05, 3.63) is 35.2 Å². The normalized spacial score (nSPS) is 10.5. The van der Waals surface area contributed by atoms with Crippen LogP contribution in [-0.2, 0) is 6.54 Å². The van der Waals surface area contributed by atoms with Crippen LogP contribution in [0.25, 0.3) is 10.1 Å². The Morgan fingerprint density at radius 3 is 2.93 bits per heavy atom. The summed E-state index contributed by atoms with van der Waals surface area (Å²) < 4.78 is 1.30. The van der Waals surface area contributed by atoms with E-state index in [-0.39, 0.29) is 12.4 Å². The van der Waals surface area contributed by atoms with Gasteiger partial charge in [0.15, 0.2) is 0 Å². The van der Waals surface area contributed by atoms with Gasteiger partial charge in [-0.15, -0.1) is 23.7 Å². The maximum Gasteiger partial charge on any atom is 0.0968 e. The van der Waals surface area contributed by atoms with E-state index in [2.05, 4.69) is 28.6 Å². The lowest BCUT2D eigenvalue weighted by atomic mass is 10.2. The molecule has 2 aromatic rings. The van der Waals surface area contributed by atoms with Crippen molar-refractivity contribution in [2.45, 2.75) is 6.54 Å². The summed E-state index contributed by atoms with van der Waals surface area (Å²) in [6.45, 7) is 0.684. The van der Waals surface area contributed by atoms with Crippen molar-refractivity contribution in [3.63, 3.8) is 0 Å². The van der Waals surface area contributed by atoms with E-state index in [1.807, 2.05) is 12.1 Å². The molecular weight excluding hydrogens is 230 g/mol. The van der Waals surface area contributed by atoms with Crippen LogP contribution >= 0.6 is 23.7 Å². The molecule has 0 unspecified atom stereocenters. The van der Waals surface area contributed by atoms with Gasteiger partial charge in [-0.2, -0.15) is 0 Å². The highest BCUT2D eigenvalue weighted by molar-refractivity contribution is 7.19. The lowest BCUT2D eigenvalue weighted by Gasteiger charge is -1.87. The molecule has 3 N–H and O–H groups in total. The van der Waals surface area contributed by atoms with Gasteiger partial charge in [-0.25, -0.2) is 5.84 Å². The van der Waals surface area contributed by atoms with Crippen LogP contribution in [0.4, 0.5) is 0 Å². The van der Waals surface area contributed by atoms with Crippen LogP contribution in [0, 0.1) is 0 Å². The lowest BCUT2D eigenvalue weighted by Crippen LogP contribution is -2.18. The monoisotopic (exact) mass is 241 g/mol. The summed E-state index contributed by atoms with van der Waals surface area (Å²) in [7, 11) is 0. The van der Waals surface area contributed by atoms with Crippen LogP contribution in [0.1, 0.15) is 4.88 Å². The first-order chi connectivity index (χ1) is 6.90. The molecule has 0 fully saturated rings. The molecule has 0 aliphatic rings. The number of thiophene rings is 1. The Balaban J connectivity index is 0.00000112. The Kier molecular flexibility index (Phi) is 4.55. The van der Waals surface area contributed by atoms with Gasteiger partial charge in [0.25, 0.3) is 0 Å². The predicted molar refractivity (Wildman–Crippen MR) is 68.6 cm³/mol. The van der Waals surface area contributed by atoms with Crippen LogP contribution in [0.2, 0.25) is 0 Å². The molecule has 1 heterocycles. The summed E-state index contributed by atoms with van der Waals surface area (Å²) in [5.74, 6) is 5.07. The van der Waals surface area contributed by atoms with Crippen molar-refractivity contribution >= 4 is 40.2 Å². The van der Waals surface area contributed by atoms with Gasteiger partial charge in [0.1, 0.15) is 0 Å². The summed E-state index contributed by atoms with van der Waals surface area (Å²) in [6, 6.07) is 10.5. The second-order valence-electron chi connectivity index (χ2n) is 2.89. The first-order valence-electron chi connectivity index (χ1n) is 4.32. The van der Waals surface area contributed by atoms with E-state index < -0.39 is 0 Å². The number of fused-ring (bicyclic) bond motifs is 1. The average Bonchev–Trinajstić information content (AvgIpc) is 2.60. The molecule has 3 nitrogen and oxygen atoms in total. The Morgan fingerprint density at radius 2 is 2.20 bits per heavy atom. The molecule has 0 bridgehead atoms. The van der Waals surface area contributed by atoms with Crippen molar-refractivity contribution in [1.82, 2.24) is 5.43 Å². The Morgan fingerprint density at radius 1 is 1.40 bits per heavy atom. The number of aliphatic imine (C=N–C) groups is 1. The van der Waals surface area contributed by atoms with Crippen molar-refractivity contribution in [2.75, 3.05) is 0 Å². The van der Waals surface area contributed by atoms with Crippen molar-refractivity contribution < 1.29 is 0 Å². The van der Waals surface area contributed by atoms with Crippen LogP contribution in [0.3, 0.4) is 0 Å². The maximum atomic E-state index is 5.07. The summed E-state index contributed by atoms with van der Waals surface area (Å²) in [5, 5.41) is 1.28. The number of hydrazine groups is 1. The second kappa shape index (κ2) is 5.70. The third kappa shape index (κ3) is 2.92. The zero-order valence-electron chi connectivity index (χ0n) is 8.01. The molecule has 1 aromatic heterocycles. The molecule has 0 radical (unpaired) electrons. The van der Waals surface area contributed by atoms with Gasteiger partial charge in [0, 0.05) is 9.58 Å². The minimum absolute atomic E-state index is 0. The Labute approximate surface area is 98.4 Å². The van der Waals surface area contributed by atoms with Crippen LogP contribution in [0.15, 0.2) is 35.3 Å². The standard InChI is InChI=1S/C10H11N3S.ClH/c11-13-7-12-6-9-5-8-3-1-2-4-10(8)14-9;/h1-5,7H,6,11H2,(H,12,13);1H. The van der Waals surface area contributed by atoms with E-state index in [1.54, 1.807) is 11.3 Å². The van der Waals surface area contributed by atoms with Gasteiger partial charge < -0.3 is 5.43 Å². The lowest BCUT2D eigenvalue weighted by molar-refractivity contribution is 1.01. The van der Waals surface area contributed by atoms with Crippen LogP contribution in [0.5, 0.6) is 0 Å². The molecule has 15 heavy (non-hydrogen) atoms. The number of nitrogens with zero attached hydrogens (tertiary/aromatic N) is 1. The highest BCUT2D eigenvalue weighted by Crippen LogP contribution is 2.25. The molecule has 0 aliphatic heterocycles. The number of hydrogen-bond acceptors (Lipinski definition) is 3. The van der Waals surface area contributed by atoms with E-state index in [1.165, 1.54) is 21.3 Å². The van der Waals surface area contributed by atoms with E-state index in [0.717, 1.165) is 0 Å². The average molecular weight is 242 g/mol. The highest BCUT2D eigenvalue weighted by atomic mass is 35.5. The van der Waals surface area contributed by atoms with Gasteiger partial charge in [-0.1, -0.05) is 18.2 Å². The quantitative estimate of drug-likeness (QED) is 0.375. The molecule has 0 atom stereocenters. The summed E-state index contributed by atoms with van der Waals surface area (Å²) in [4.78, 5) is 5.35. The molecule has 80 valence electrons. The van der Waals surface area contributed by atoms with Gasteiger partial charge in [0.05, 0.1) is 12.9 Å². The van der Waals surface area contributed by atoms with Gasteiger partial charge in [-0.05, 0) is 17.5 Å². The zero-order chi connectivity index (χ0) is 9.80. The topological polar surface area (TPSA) is 50.4 Å². The number of nitrogens with one attached hydrogen (secondary N) is 1. The Bertz CT molecular complexity index is 420. The molecule has 0 saturated carbocycles. The molecule has 0 amide bonds. The zero-order valence-corrected chi connectivity index (χ0v) is 9.65. The van der Waals surface area contributed by atoms with Gasteiger partial charge in [-0.3, -0.25) is 4.99 Å². The molecule has 5 heteroatoms. The third-order valence-corrected chi connectivity index (χ3v) is 2.99. The number of hydrogen-bond donors (Lipinski definition) is 2. The smallest absolute Gasteiger partial charge is 0.0968 e. The van der Waals surface area contributed by atoms with E-state index in [0.29, 0.717) is 6.54 Å². The molecule has 0 saturated heterocycles. The molecule has 0 aliphatic carbocycles. The predicted octanol–water partition coefficient (Wildman–Crippen LogP) is 2.31. The second-order valence-corrected chi connectivity index (χ2v) is 4.06. The number of halogens is 1. The molecular formula is C10H12ClN3S. The first-order valence-corrected chi connectivity index (χ1v) is 5.13. The van der Waals surface area contributed by atoms with Crippen LogP contribution in [-0.4, -0.2) is 6.34 Å². The molecule has 0 spiro atoms. The molecule has 2 rings (SSSR count). The van der Waals surface area contributed by atoms with Gasteiger partial charge in [0.2, 0.25) is 0 Å². The van der Waals surface area contributed by atoms with Crippen molar-refractivity contribution in [1.29, 1.82) is 0 Å². The fraction of sp³-hybridized carbons (Fsp3) is 0.100. The highest BCUT2D eigenvalue weighted by Gasteiger charge is 1.98. The fourth-order valence-corrected chi connectivity index (χ4v) is 2.30. The van der Waals surface area contributed by atoms with Crippen molar-refractivity contribution in [3.8, 4) is 0 Å². The summed E-state index contributed by atoms with van der Waals surface area (Å²) in [5.41, 5.74) is 2.38. The minimum atomic E-state index is 0. The van der Waals surface area contributed by atoms with Crippen molar-refractivity contribution in [2.24, 2.45) is 10.8 Å². The van der Waals surface area contributed by atoms with Gasteiger partial charge >= 0.3 is 0 Å². The van der Waals surface area contributed by atoms with E-state index in [4.69, 9.17) is 5.84 Å². The van der Waals surface area contributed by atoms with Crippen LogP contribution < -0.4 is 11.3 Å². The summed E-state index contributed by atoms with van der Waals surface area (Å²) >= 11 is 1.77. The number of rotatable bonds is 3. The first kappa shape index (κ1) is 12.0. The maximum absolute atomic E-state index is 5.07. The van der Waals surface area contributed by atoms with E-state index in [9.17, 15) is 0 Å². The fourth-order valence-electron chi connectivity index (χ4n) is 1.30. The SMILES string of the molecule is Cl.NNC=NCc1cc2ccccc2s1. The Hall–Kier alpha value is -1.10. The minimum Gasteiger partial charge on any atom is -0.315 e. The molecule has 1 aromatic carbocycles. The van der Waals surface area contributed by atoms with E-state index >= 15 is 0 Å². The number of benzene rings is 1. The number of nitrogens with two attached hydrogens (primary N) is 1. The largest absolute Gasteiger partial charge is 0.315 e. The third-order valence-electron chi connectivity index (χ3n) is 1.89.